The molecule has 0 amide bonds. The van der Waals surface area contributed by atoms with Crippen molar-refractivity contribution in [3.05, 3.63) is 41.0 Å². The van der Waals surface area contributed by atoms with E-state index in [0.717, 1.165) is 34.6 Å². The van der Waals surface area contributed by atoms with Crippen LogP contribution in [0.4, 0.5) is 0 Å². The van der Waals surface area contributed by atoms with E-state index in [0.29, 0.717) is 0 Å². The second-order valence-electron chi connectivity index (χ2n) is 5.17. The molecule has 0 unspecified atom stereocenters. The van der Waals surface area contributed by atoms with Gasteiger partial charge in [0.1, 0.15) is 0 Å². The zero-order valence-electron chi connectivity index (χ0n) is 11.5. The van der Waals surface area contributed by atoms with E-state index < -0.39 is 0 Å². The van der Waals surface area contributed by atoms with Gasteiger partial charge in [-0.3, -0.25) is 4.98 Å². The van der Waals surface area contributed by atoms with Gasteiger partial charge in [-0.25, -0.2) is 0 Å². The molecule has 102 valence electrons. The molecular formula is C15H19ClN2O. The molecule has 4 heteroatoms. The van der Waals surface area contributed by atoms with E-state index in [-0.39, 0.29) is 5.60 Å². The fourth-order valence-electron chi connectivity index (χ4n) is 1.91. The van der Waals surface area contributed by atoms with Gasteiger partial charge in [-0.15, -0.1) is 0 Å². The van der Waals surface area contributed by atoms with Crippen LogP contribution < -0.4 is 5.32 Å². The summed E-state index contributed by atoms with van der Waals surface area (Å²) in [6.07, 6.45) is 1.79. The first-order valence-electron chi connectivity index (χ1n) is 6.31. The summed E-state index contributed by atoms with van der Waals surface area (Å²) >= 11 is 6.18. The SMILES string of the molecule is COC(C)(C)CNCc1ccc(Cl)c2cccnc12. The predicted octanol–water partition coefficient (Wildman–Crippen LogP) is 3.40. The molecule has 1 aromatic heterocycles. The number of nitrogens with one attached hydrogen (secondary N) is 1. The molecular weight excluding hydrogens is 260 g/mol. The summed E-state index contributed by atoms with van der Waals surface area (Å²) in [4.78, 5) is 4.42. The van der Waals surface area contributed by atoms with Gasteiger partial charge in [0, 0.05) is 36.8 Å². The van der Waals surface area contributed by atoms with E-state index in [1.54, 1.807) is 13.3 Å². The van der Waals surface area contributed by atoms with Gasteiger partial charge in [-0.05, 0) is 37.6 Å². The predicted molar refractivity (Wildman–Crippen MR) is 79.5 cm³/mol. The third kappa shape index (κ3) is 3.44. The molecule has 1 N–H and O–H groups in total. The van der Waals surface area contributed by atoms with Gasteiger partial charge in [0.2, 0.25) is 0 Å². The summed E-state index contributed by atoms with van der Waals surface area (Å²) in [5.41, 5.74) is 1.93. The molecule has 0 atom stereocenters. The first-order chi connectivity index (χ1) is 9.03. The number of halogens is 1. The average Bonchev–Trinajstić information content (AvgIpc) is 2.42. The van der Waals surface area contributed by atoms with Crippen molar-refractivity contribution in [2.75, 3.05) is 13.7 Å². The second kappa shape index (κ2) is 5.87. The van der Waals surface area contributed by atoms with Crippen LogP contribution in [0.3, 0.4) is 0 Å². The van der Waals surface area contributed by atoms with Crippen molar-refractivity contribution < 1.29 is 4.74 Å². The zero-order chi connectivity index (χ0) is 13.9. The Hall–Kier alpha value is -1.16. The van der Waals surface area contributed by atoms with Crippen LogP contribution in [0.2, 0.25) is 5.02 Å². The van der Waals surface area contributed by atoms with Crippen molar-refractivity contribution in [3.8, 4) is 0 Å². The molecule has 3 nitrogen and oxygen atoms in total. The summed E-state index contributed by atoms with van der Waals surface area (Å²) in [6, 6.07) is 7.83. The highest BCUT2D eigenvalue weighted by molar-refractivity contribution is 6.35. The lowest BCUT2D eigenvalue weighted by atomic mass is 10.1. The Morgan fingerprint density at radius 3 is 2.84 bits per heavy atom. The number of benzene rings is 1. The second-order valence-corrected chi connectivity index (χ2v) is 5.58. The summed E-state index contributed by atoms with van der Waals surface area (Å²) in [5.74, 6) is 0. The van der Waals surface area contributed by atoms with Crippen LogP contribution in [0.25, 0.3) is 10.9 Å². The Bertz CT molecular complexity index is 569. The van der Waals surface area contributed by atoms with E-state index in [4.69, 9.17) is 16.3 Å². The molecule has 0 bridgehead atoms. The van der Waals surface area contributed by atoms with E-state index in [1.807, 2.05) is 24.3 Å². The first-order valence-corrected chi connectivity index (χ1v) is 6.69. The van der Waals surface area contributed by atoms with Crippen LogP contribution in [-0.2, 0) is 11.3 Å². The van der Waals surface area contributed by atoms with Crippen molar-refractivity contribution in [1.82, 2.24) is 10.3 Å². The zero-order valence-corrected chi connectivity index (χ0v) is 12.3. The molecule has 0 aliphatic heterocycles. The number of rotatable bonds is 5. The number of aromatic nitrogens is 1. The van der Waals surface area contributed by atoms with Gasteiger partial charge < -0.3 is 10.1 Å². The first kappa shape index (κ1) is 14.3. The average molecular weight is 279 g/mol. The van der Waals surface area contributed by atoms with Crippen LogP contribution in [0, 0.1) is 0 Å². The standard InChI is InChI=1S/C15H19ClN2O/c1-15(2,19-3)10-17-9-11-6-7-13(16)12-5-4-8-18-14(11)12/h4-8,17H,9-10H2,1-3H3. The van der Waals surface area contributed by atoms with E-state index in [1.165, 1.54) is 0 Å². The van der Waals surface area contributed by atoms with Crippen LogP contribution in [0.15, 0.2) is 30.5 Å². The normalized spacial score (nSPS) is 12.0. The Morgan fingerprint density at radius 1 is 1.32 bits per heavy atom. The van der Waals surface area contributed by atoms with Gasteiger partial charge in [0.05, 0.1) is 11.1 Å². The molecule has 0 saturated heterocycles. The number of hydrogen-bond donors (Lipinski definition) is 1. The highest BCUT2D eigenvalue weighted by Crippen LogP contribution is 2.24. The molecule has 0 aliphatic carbocycles. The number of ether oxygens (including phenoxy) is 1. The van der Waals surface area contributed by atoms with Crippen molar-refractivity contribution in [2.45, 2.75) is 26.0 Å². The maximum absolute atomic E-state index is 6.18. The Kier molecular flexibility index (Phi) is 4.40. The summed E-state index contributed by atoms with van der Waals surface area (Å²) in [6.45, 7) is 5.63. The summed E-state index contributed by atoms with van der Waals surface area (Å²) < 4.78 is 5.38. The van der Waals surface area contributed by atoms with Crippen LogP contribution in [-0.4, -0.2) is 24.2 Å². The molecule has 0 radical (unpaired) electrons. The highest BCUT2D eigenvalue weighted by atomic mass is 35.5. The molecule has 0 aliphatic rings. The van der Waals surface area contributed by atoms with Gasteiger partial charge >= 0.3 is 0 Å². The monoisotopic (exact) mass is 278 g/mol. The third-order valence-electron chi connectivity index (χ3n) is 3.22. The van der Waals surface area contributed by atoms with Crippen LogP contribution >= 0.6 is 11.6 Å². The van der Waals surface area contributed by atoms with Gasteiger partial charge in [0.25, 0.3) is 0 Å². The highest BCUT2D eigenvalue weighted by Gasteiger charge is 2.15. The van der Waals surface area contributed by atoms with Crippen LogP contribution in [0.1, 0.15) is 19.4 Å². The summed E-state index contributed by atoms with van der Waals surface area (Å²) in [5, 5.41) is 5.13. The molecule has 19 heavy (non-hydrogen) atoms. The number of fused-ring (bicyclic) bond motifs is 1. The van der Waals surface area contributed by atoms with E-state index in [9.17, 15) is 0 Å². The minimum absolute atomic E-state index is 0.171. The van der Waals surface area contributed by atoms with Crippen LogP contribution in [0.5, 0.6) is 0 Å². The fraction of sp³-hybridized carbons (Fsp3) is 0.400. The largest absolute Gasteiger partial charge is 0.377 e. The third-order valence-corrected chi connectivity index (χ3v) is 3.55. The molecule has 1 aromatic carbocycles. The Labute approximate surface area is 118 Å². The van der Waals surface area contributed by atoms with Gasteiger partial charge in [-0.1, -0.05) is 17.7 Å². The lowest BCUT2D eigenvalue weighted by Crippen LogP contribution is -2.36. The van der Waals surface area contributed by atoms with Crippen molar-refractivity contribution >= 4 is 22.5 Å². The lowest BCUT2D eigenvalue weighted by molar-refractivity contribution is 0.0231. The molecule has 0 saturated carbocycles. The number of hydrogen-bond acceptors (Lipinski definition) is 3. The van der Waals surface area contributed by atoms with E-state index >= 15 is 0 Å². The quantitative estimate of drug-likeness (QED) is 0.910. The van der Waals surface area contributed by atoms with Crippen molar-refractivity contribution in [2.24, 2.45) is 0 Å². The van der Waals surface area contributed by atoms with Crippen molar-refractivity contribution in [1.29, 1.82) is 0 Å². The smallest absolute Gasteiger partial charge is 0.0761 e. The molecule has 1 heterocycles. The number of methoxy groups -OCH3 is 1. The minimum atomic E-state index is -0.171. The number of nitrogens with zero attached hydrogens (tertiary/aromatic N) is 1. The van der Waals surface area contributed by atoms with E-state index in [2.05, 4.69) is 24.1 Å². The minimum Gasteiger partial charge on any atom is -0.377 e. The topological polar surface area (TPSA) is 34.1 Å². The molecule has 2 rings (SSSR count). The lowest BCUT2D eigenvalue weighted by Gasteiger charge is -2.23. The van der Waals surface area contributed by atoms with Gasteiger partial charge in [0.15, 0.2) is 0 Å². The molecule has 2 aromatic rings. The maximum atomic E-state index is 6.18. The maximum Gasteiger partial charge on any atom is 0.0761 e. The number of pyridine rings is 1. The molecule has 0 fully saturated rings. The molecule has 0 spiro atoms. The Morgan fingerprint density at radius 2 is 2.11 bits per heavy atom. The van der Waals surface area contributed by atoms with Gasteiger partial charge in [-0.2, -0.15) is 0 Å². The fourth-order valence-corrected chi connectivity index (χ4v) is 2.12. The summed E-state index contributed by atoms with van der Waals surface area (Å²) in [7, 11) is 1.72. The Balaban J connectivity index is 2.16. The van der Waals surface area contributed by atoms with Crippen molar-refractivity contribution in [3.63, 3.8) is 0 Å².